The van der Waals surface area contributed by atoms with E-state index in [-0.39, 0.29) is 12.0 Å². The summed E-state index contributed by atoms with van der Waals surface area (Å²) in [6.07, 6.45) is 4.66. The van der Waals surface area contributed by atoms with E-state index in [1.807, 2.05) is 12.1 Å². The van der Waals surface area contributed by atoms with Gasteiger partial charge in [-0.15, -0.1) is 0 Å². The topological polar surface area (TPSA) is 30.8 Å². The SMILES string of the molecule is CCC(=NOC)[C@H]1[C@@H](c2ccc(Cl)c(Cl)c2)CC2CC[C@H]1O2. The quantitative estimate of drug-likeness (QED) is 0.566. The molecule has 5 heteroatoms. The zero-order valence-corrected chi connectivity index (χ0v) is 14.4. The van der Waals surface area contributed by atoms with Gasteiger partial charge in [-0.25, -0.2) is 0 Å². The molecule has 2 aliphatic rings. The van der Waals surface area contributed by atoms with Crippen LogP contribution in [0.15, 0.2) is 23.4 Å². The molecule has 2 saturated heterocycles. The Morgan fingerprint density at radius 3 is 2.82 bits per heavy atom. The third-order valence-corrected chi connectivity index (χ3v) is 5.56. The Morgan fingerprint density at radius 2 is 2.14 bits per heavy atom. The van der Waals surface area contributed by atoms with Gasteiger partial charge in [0.25, 0.3) is 0 Å². The lowest BCUT2D eigenvalue weighted by Gasteiger charge is -2.37. The molecule has 22 heavy (non-hydrogen) atoms. The first kappa shape index (κ1) is 16.1. The predicted octanol–water partition coefficient (Wildman–Crippen LogP) is 5.06. The summed E-state index contributed by atoms with van der Waals surface area (Å²) < 4.78 is 6.15. The van der Waals surface area contributed by atoms with Crippen molar-refractivity contribution < 1.29 is 9.57 Å². The zero-order chi connectivity index (χ0) is 15.7. The van der Waals surface area contributed by atoms with E-state index >= 15 is 0 Å². The van der Waals surface area contributed by atoms with Gasteiger partial charge in [0, 0.05) is 5.92 Å². The van der Waals surface area contributed by atoms with Gasteiger partial charge >= 0.3 is 0 Å². The van der Waals surface area contributed by atoms with E-state index in [4.69, 9.17) is 32.8 Å². The molecule has 2 fully saturated rings. The summed E-state index contributed by atoms with van der Waals surface area (Å²) in [5, 5.41) is 5.48. The van der Waals surface area contributed by atoms with Crippen LogP contribution in [-0.2, 0) is 9.57 Å². The van der Waals surface area contributed by atoms with Gasteiger partial charge in [0.1, 0.15) is 7.11 Å². The molecule has 1 unspecified atom stereocenters. The van der Waals surface area contributed by atoms with Crippen molar-refractivity contribution in [3.8, 4) is 0 Å². The molecule has 0 radical (unpaired) electrons. The van der Waals surface area contributed by atoms with Crippen molar-refractivity contribution in [2.24, 2.45) is 11.1 Å². The number of oxime groups is 1. The predicted molar refractivity (Wildman–Crippen MR) is 89.9 cm³/mol. The molecule has 120 valence electrons. The van der Waals surface area contributed by atoms with E-state index in [0.29, 0.717) is 22.1 Å². The highest BCUT2D eigenvalue weighted by atomic mass is 35.5. The molecule has 0 aromatic heterocycles. The number of hydrogen-bond donors (Lipinski definition) is 0. The first-order valence-electron chi connectivity index (χ1n) is 7.84. The van der Waals surface area contributed by atoms with Gasteiger partial charge in [0.2, 0.25) is 0 Å². The monoisotopic (exact) mass is 341 g/mol. The summed E-state index contributed by atoms with van der Waals surface area (Å²) in [4.78, 5) is 5.07. The molecule has 0 spiro atoms. The van der Waals surface area contributed by atoms with Crippen molar-refractivity contribution in [1.82, 2.24) is 0 Å². The van der Waals surface area contributed by atoms with Crippen LogP contribution < -0.4 is 0 Å². The van der Waals surface area contributed by atoms with Gasteiger partial charge in [0.15, 0.2) is 0 Å². The molecule has 1 aromatic carbocycles. The molecule has 0 amide bonds. The van der Waals surface area contributed by atoms with Gasteiger partial charge in [-0.3, -0.25) is 0 Å². The molecular formula is C17H21Cl2NO2. The molecule has 1 aromatic rings. The number of rotatable bonds is 4. The Labute approximate surface area is 141 Å². The second-order valence-electron chi connectivity index (χ2n) is 6.03. The fourth-order valence-electron chi connectivity index (χ4n) is 3.87. The van der Waals surface area contributed by atoms with Crippen LogP contribution in [0.2, 0.25) is 10.0 Å². The first-order chi connectivity index (χ1) is 10.6. The Hall–Kier alpha value is -0.770. The fraction of sp³-hybridized carbons (Fsp3) is 0.588. The van der Waals surface area contributed by atoms with Gasteiger partial charge in [-0.2, -0.15) is 0 Å². The third-order valence-electron chi connectivity index (χ3n) is 4.82. The molecule has 3 rings (SSSR count). The molecule has 2 heterocycles. The summed E-state index contributed by atoms with van der Waals surface area (Å²) in [6.45, 7) is 2.12. The maximum Gasteiger partial charge on any atom is 0.106 e. The zero-order valence-electron chi connectivity index (χ0n) is 12.9. The fourth-order valence-corrected chi connectivity index (χ4v) is 4.18. The van der Waals surface area contributed by atoms with E-state index in [9.17, 15) is 0 Å². The van der Waals surface area contributed by atoms with Crippen molar-refractivity contribution in [2.45, 2.75) is 50.7 Å². The molecular weight excluding hydrogens is 321 g/mol. The van der Waals surface area contributed by atoms with Crippen molar-refractivity contribution in [2.75, 3.05) is 7.11 Å². The number of hydrogen-bond acceptors (Lipinski definition) is 3. The van der Waals surface area contributed by atoms with Gasteiger partial charge in [-0.1, -0.05) is 41.3 Å². The van der Waals surface area contributed by atoms with Crippen molar-refractivity contribution in [3.05, 3.63) is 33.8 Å². The Morgan fingerprint density at radius 1 is 1.32 bits per heavy atom. The molecule has 0 saturated carbocycles. The molecule has 0 aliphatic carbocycles. The van der Waals surface area contributed by atoms with E-state index in [2.05, 4.69) is 18.1 Å². The number of halogens is 2. The van der Waals surface area contributed by atoms with Crippen LogP contribution in [0.5, 0.6) is 0 Å². The van der Waals surface area contributed by atoms with E-state index in [1.54, 1.807) is 7.11 Å². The number of benzene rings is 1. The molecule has 0 N–H and O–H groups in total. The summed E-state index contributed by atoms with van der Waals surface area (Å²) >= 11 is 12.3. The standard InChI is InChI=1S/C17H21Cl2NO2/c1-3-15(20-21-2)17-12(9-11-5-7-16(17)22-11)10-4-6-13(18)14(19)8-10/h4,6,8,11-12,16-17H,3,5,7,9H2,1-2H3/t11?,12-,16-,17-/m1/s1. The van der Waals surface area contributed by atoms with Crippen LogP contribution >= 0.6 is 23.2 Å². The Kier molecular flexibility index (Phi) is 4.96. The lowest BCUT2D eigenvalue weighted by molar-refractivity contribution is -0.0249. The van der Waals surface area contributed by atoms with E-state index < -0.39 is 0 Å². The highest BCUT2D eigenvalue weighted by Gasteiger charge is 2.45. The average molecular weight is 342 g/mol. The highest BCUT2D eigenvalue weighted by molar-refractivity contribution is 6.42. The third kappa shape index (κ3) is 2.99. The van der Waals surface area contributed by atoms with Crippen LogP contribution in [0.3, 0.4) is 0 Å². The van der Waals surface area contributed by atoms with Crippen LogP contribution in [0, 0.1) is 5.92 Å². The summed E-state index contributed by atoms with van der Waals surface area (Å²) in [5.41, 5.74) is 2.29. The Bertz CT molecular complexity index is 576. The van der Waals surface area contributed by atoms with Crippen molar-refractivity contribution in [3.63, 3.8) is 0 Å². The van der Waals surface area contributed by atoms with E-state index in [1.165, 1.54) is 5.56 Å². The largest absolute Gasteiger partial charge is 0.399 e. The second-order valence-corrected chi connectivity index (χ2v) is 6.85. The molecule has 4 atom stereocenters. The van der Waals surface area contributed by atoms with Crippen molar-refractivity contribution in [1.29, 1.82) is 0 Å². The molecule has 2 bridgehead atoms. The average Bonchev–Trinajstić information content (AvgIpc) is 2.90. The number of nitrogens with zero attached hydrogens (tertiary/aromatic N) is 1. The van der Waals surface area contributed by atoms with Gasteiger partial charge < -0.3 is 9.57 Å². The summed E-state index contributed by atoms with van der Waals surface area (Å²) in [6, 6.07) is 5.95. The summed E-state index contributed by atoms with van der Waals surface area (Å²) in [7, 11) is 1.60. The highest BCUT2D eigenvalue weighted by Crippen LogP contribution is 2.47. The maximum absolute atomic E-state index is 6.23. The lowest BCUT2D eigenvalue weighted by Crippen LogP contribution is -2.39. The van der Waals surface area contributed by atoms with Gasteiger partial charge in [0.05, 0.1) is 28.0 Å². The lowest BCUT2D eigenvalue weighted by atomic mass is 9.76. The maximum atomic E-state index is 6.23. The smallest absolute Gasteiger partial charge is 0.106 e. The van der Waals surface area contributed by atoms with Gasteiger partial charge in [-0.05, 0) is 49.3 Å². The van der Waals surface area contributed by atoms with Crippen molar-refractivity contribution >= 4 is 28.9 Å². The molecule has 3 nitrogen and oxygen atoms in total. The Balaban J connectivity index is 1.98. The minimum atomic E-state index is 0.229. The van der Waals surface area contributed by atoms with Crippen LogP contribution in [0.4, 0.5) is 0 Å². The first-order valence-corrected chi connectivity index (χ1v) is 8.60. The van der Waals surface area contributed by atoms with Crippen LogP contribution in [0.1, 0.15) is 44.1 Å². The number of ether oxygens (including phenoxy) is 1. The minimum Gasteiger partial charge on any atom is -0.399 e. The van der Waals surface area contributed by atoms with Crippen LogP contribution in [0.25, 0.3) is 0 Å². The summed E-state index contributed by atoms with van der Waals surface area (Å²) in [5.74, 6) is 0.607. The second kappa shape index (κ2) is 6.77. The van der Waals surface area contributed by atoms with E-state index in [0.717, 1.165) is 31.4 Å². The normalized spacial score (nSPS) is 31.4. The minimum absolute atomic E-state index is 0.229. The number of fused-ring (bicyclic) bond motifs is 2. The van der Waals surface area contributed by atoms with Crippen LogP contribution in [-0.4, -0.2) is 25.0 Å². The molecule has 2 aliphatic heterocycles.